The Morgan fingerprint density at radius 1 is 1.04 bits per heavy atom. The van der Waals surface area contributed by atoms with Gasteiger partial charge in [-0.2, -0.15) is 0 Å². The van der Waals surface area contributed by atoms with Crippen LogP contribution in [0, 0.1) is 0 Å². The third-order valence-corrected chi connectivity index (χ3v) is 4.99. The Hall–Kier alpha value is -2.69. The van der Waals surface area contributed by atoms with Crippen LogP contribution in [0.1, 0.15) is 54.1 Å². The first kappa shape index (κ1) is 19.1. The van der Waals surface area contributed by atoms with E-state index in [4.69, 9.17) is 0 Å². The van der Waals surface area contributed by atoms with Crippen LogP contribution in [0.5, 0.6) is 0 Å². The SMILES string of the molecule is CCc1ccc(C(=O)CCC(=O)NCc2ccnc(N3CCCC3)c2)cc1. The number of rotatable bonds is 8. The van der Waals surface area contributed by atoms with E-state index in [0.29, 0.717) is 12.1 Å². The van der Waals surface area contributed by atoms with Crippen LogP contribution in [-0.2, 0) is 17.8 Å². The quantitative estimate of drug-likeness (QED) is 0.727. The number of nitrogens with zero attached hydrogens (tertiary/aromatic N) is 2. The number of anilines is 1. The maximum atomic E-state index is 12.2. The number of aromatic nitrogens is 1. The van der Waals surface area contributed by atoms with Gasteiger partial charge in [0.15, 0.2) is 5.78 Å². The number of benzene rings is 1. The highest BCUT2D eigenvalue weighted by molar-refractivity contribution is 5.97. The zero-order valence-electron chi connectivity index (χ0n) is 15.9. The number of hydrogen-bond donors (Lipinski definition) is 1. The maximum Gasteiger partial charge on any atom is 0.220 e. The van der Waals surface area contributed by atoms with Gasteiger partial charge in [-0.3, -0.25) is 9.59 Å². The second kappa shape index (κ2) is 9.31. The summed E-state index contributed by atoms with van der Waals surface area (Å²) in [6.07, 6.45) is 5.59. The number of Topliss-reactive ketones (excluding diaryl/α,β-unsaturated/α-hetero) is 1. The normalized spacial score (nSPS) is 13.6. The molecule has 1 aliphatic rings. The fraction of sp³-hybridized carbons (Fsp3) is 0.409. The van der Waals surface area contributed by atoms with Crippen molar-refractivity contribution in [3.63, 3.8) is 0 Å². The highest BCUT2D eigenvalue weighted by atomic mass is 16.2. The second-order valence-electron chi connectivity index (χ2n) is 6.97. The van der Waals surface area contributed by atoms with E-state index in [1.165, 1.54) is 18.4 Å². The molecule has 0 spiro atoms. The fourth-order valence-electron chi connectivity index (χ4n) is 3.28. The molecule has 0 aliphatic carbocycles. The molecule has 27 heavy (non-hydrogen) atoms. The molecule has 1 aromatic carbocycles. The van der Waals surface area contributed by atoms with E-state index < -0.39 is 0 Å². The molecule has 1 aliphatic heterocycles. The molecule has 1 fully saturated rings. The summed E-state index contributed by atoms with van der Waals surface area (Å²) in [5.41, 5.74) is 2.90. The molecule has 5 heteroatoms. The summed E-state index contributed by atoms with van der Waals surface area (Å²) in [6, 6.07) is 11.6. The lowest BCUT2D eigenvalue weighted by Crippen LogP contribution is -2.24. The molecular weight excluding hydrogens is 338 g/mol. The molecule has 0 radical (unpaired) electrons. The predicted octanol–water partition coefficient (Wildman–Crippen LogP) is 3.52. The second-order valence-corrected chi connectivity index (χ2v) is 6.97. The summed E-state index contributed by atoms with van der Waals surface area (Å²) in [6.45, 7) is 4.63. The van der Waals surface area contributed by atoms with Crippen LogP contribution in [0.4, 0.5) is 5.82 Å². The minimum absolute atomic E-state index is 0.00744. The van der Waals surface area contributed by atoms with E-state index in [0.717, 1.165) is 30.9 Å². The smallest absolute Gasteiger partial charge is 0.220 e. The van der Waals surface area contributed by atoms with E-state index in [9.17, 15) is 9.59 Å². The molecule has 2 heterocycles. The number of ketones is 1. The molecule has 1 amide bonds. The summed E-state index contributed by atoms with van der Waals surface area (Å²) in [5, 5.41) is 2.90. The number of pyridine rings is 1. The summed E-state index contributed by atoms with van der Waals surface area (Å²) < 4.78 is 0. The first-order chi connectivity index (χ1) is 13.2. The Bertz CT molecular complexity index is 780. The molecule has 142 valence electrons. The standard InChI is InChI=1S/C22H27N3O2/c1-2-17-5-7-19(8-6-17)20(26)9-10-22(27)24-16-18-11-12-23-21(15-18)25-13-3-4-14-25/h5-8,11-12,15H,2-4,9-10,13-14,16H2,1H3,(H,24,27). The lowest BCUT2D eigenvalue weighted by molar-refractivity contribution is -0.121. The Labute approximate surface area is 160 Å². The molecule has 1 saturated heterocycles. The van der Waals surface area contributed by atoms with Gasteiger partial charge in [-0.1, -0.05) is 31.2 Å². The van der Waals surface area contributed by atoms with E-state index >= 15 is 0 Å². The molecule has 1 aromatic heterocycles. The molecule has 0 atom stereocenters. The molecule has 3 rings (SSSR count). The minimum atomic E-state index is -0.104. The van der Waals surface area contributed by atoms with Crippen LogP contribution < -0.4 is 10.2 Å². The van der Waals surface area contributed by atoms with Crippen LogP contribution in [-0.4, -0.2) is 29.8 Å². The highest BCUT2D eigenvalue weighted by Gasteiger charge is 2.14. The van der Waals surface area contributed by atoms with Gasteiger partial charge in [0.05, 0.1) is 0 Å². The first-order valence-corrected chi connectivity index (χ1v) is 9.74. The molecule has 5 nitrogen and oxygen atoms in total. The Morgan fingerprint density at radius 3 is 2.48 bits per heavy atom. The lowest BCUT2D eigenvalue weighted by atomic mass is 10.0. The Kier molecular flexibility index (Phi) is 6.58. The van der Waals surface area contributed by atoms with Crippen molar-refractivity contribution in [2.24, 2.45) is 0 Å². The van der Waals surface area contributed by atoms with E-state index in [-0.39, 0.29) is 24.5 Å². The van der Waals surface area contributed by atoms with Crippen LogP contribution >= 0.6 is 0 Å². The van der Waals surface area contributed by atoms with Crippen LogP contribution in [0.15, 0.2) is 42.6 Å². The monoisotopic (exact) mass is 365 g/mol. The van der Waals surface area contributed by atoms with Gasteiger partial charge in [0.1, 0.15) is 5.82 Å². The summed E-state index contributed by atoms with van der Waals surface area (Å²) in [4.78, 5) is 31.0. The van der Waals surface area contributed by atoms with Crippen LogP contribution in [0.25, 0.3) is 0 Å². The number of carbonyl (C=O) groups is 2. The number of amides is 1. The van der Waals surface area contributed by atoms with Gasteiger partial charge in [0.25, 0.3) is 0 Å². The third kappa shape index (κ3) is 5.39. The number of carbonyl (C=O) groups excluding carboxylic acids is 2. The number of aryl methyl sites for hydroxylation is 1. The van der Waals surface area contributed by atoms with Crippen molar-refractivity contribution in [2.45, 2.75) is 45.6 Å². The van der Waals surface area contributed by atoms with Gasteiger partial charge in [0, 0.05) is 44.2 Å². The largest absolute Gasteiger partial charge is 0.357 e. The number of nitrogens with one attached hydrogen (secondary N) is 1. The van der Waals surface area contributed by atoms with E-state index in [1.807, 2.05) is 36.4 Å². The van der Waals surface area contributed by atoms with E-state index in [2.05, 4.69) is 22.1 Å². The lowest BCUT2D eigenvalue weighted by Gasteiger charge is -2.17. The van der Waals surface area contributed by atoms with Crippen molar-refractivity contribution in [3.8, 4) is 0 Å². The molecule has 0 bridgehead atoms. The average molecular weight is 365 g/mol. The molecule has 0 unspecified atom stereocenters. The van der Waals surface area contributed by atoms with Crippen LogP contribution in [0.3, 0.4) is 0 Å². The van der Waals surface area contributed by atoms with Crippen molar-refractivity contribution < 1.29 is 9.59 Å². The van der Waals surface area contributed by atoms with Crippen molar-refractivity contribution in [2.75, 3.05) is 18.0 Å². The average Bonchev–Trinajstić information content (AvgIpc) is 3.25. The molecular formula is C22H27N3O2. The van der Waals surface area contributed by atoms with Crippen molar-refractivity contribution in [1.29, 1.82) is 0 Å². The first-order valence-electron chi connectivity index (χ1n) is 9.74. The predicted molar refractivity (Wildman–Crippen MR) is 107 cm³/mol. The Morgan fingerprint density at radius 2 is 1.78 bits per heavy atom. The fourth-order valence-corrected chi connectivity index (χ4v) is 3.28. The maximum absolute atomic E-state index is 12.2. The Balaban J connectivity index is 1.45. The van der Waals surface area contributed by atoms with Crippen molar-refractivity contribution in [1.82, 2.24) is 10.3 Å². The molecule has 1 N–H and O–H groups in total. The van der Waals surface area contributed by atoms with Gasteiger partial charge in [0.2, 0.25) is 5.91 Å². The number of hydrogen-bond acceptors (Lipinski definition) is 4. The van der Waals surface area contributed by atoms with Crippen LogP contribution in [0.2, 0.25) is 0 Å². The topological polar surface area (TPSA) is 62.3 Å². The van der Waals surface area contributed by atoms with E-state index in [1.54, 1.807) is 6.20 Å². The van der Waals surface area contributed by atoms with Crippen molar-refractivity contribution >= 4 is 17.5 Å². The summed E-state index contributed by atoms with van der Waals surface area (Å²) in [7, 11) is 0. The van der Waals surface area contributed by atoms with Gasteiger partial charge >= 0.3 is 0 Å². The minimum Gasteiger partial charge on any atom is -0.357 e. The van der Waals surface area contributed by atoms with Gasteiger partial charge in [-0.15, -0.1) is 0 Å². The zero-order chi connectivity index (χ0) is 19.1. The zero-order valence-corrected chi connectivity index (χ0v) is 15.9. The van der Waals surface area contributed by atoms with Gasteiger partial charge in [-0.25, -0.2) is 4.98 Å². The van der Waals surface area contributed by atoms with Gasteiger partial charge in [-0.05, 0) is 42.5 Å². The molecule has 2 aromatic rings. The molecule has 0 saturated carbocycles. The third-order valence-electron chi connectivity index (χ3n) is 4.99. The van der Waals surface area contributed by atoms with Gasteiger partial charge < -0.3 is 10.2 Å². The highest BCUT2D eigenvalue weighted by Crippen LogP contribution is 2.18. The summed E-state index contributed by atoms with van der Waals surface area (Å²) >= 11 is 0. The summed E-state index contributed by atoms with van der Waals surface area (Å²) in [5.74, 6) is 0.881. The van der Waals surface area contributed by atoms with Crippen molar-refractivity contribution in [3.05, 3.63) is 59.3 Å².